The highest BCUT2D eigenvalue weighted by atomic mass is 19.4. The number of hydrogen-bond acceptors (Lipinski definition) is 1. The Morgan fingerprint density at radius 1 is 1.00 bits per heavy atom. The first-order chi connectivity index (χ1) is 8.91. The molecule has 0 heterocycles. The molecule has 0 atom stereocenters. The van der Waals surface area contributed by atoms with Crippen LogP contribution in [0.5, 0.6) is 0 Å². The number of anilines is 1. The van der Waals surface area contributed by atoms with Crippen LogP contribution in [0.3, 0.4) is 0 Å². The van der Waals surface area contributed by atoms with E-state index >= 15 is 0 Å². The predicted octanol–water partition coefficient (Wildman–Crippen LogP) is 2.94. The van der Waals surface area contributed by atoms with E-state index in [1.807, 2.05) is 0 Å². The quantitative estimate of drug-likeness (QED) is 0.855. The maximum atomic E-state index is 13.0. The SMILES string of the molecule is Cc1ccccc1NC(=O)C(F)(F)C(F)(F)C(F)(F)F.O. The third-order valence-electron chi connectivity index (χ3n) is 2.43. The van der Waals surface area contributed by atoms with Gasteiger partial charge in [0.25, 0.3) is 0 Å². The first-order valence-electron chi connectivity index (χ1n) is 5.10. The largest absolute Gasteiger partial charge is 0.460 e. The first-order valence-corrected chi connectivity index (χ1v) is 5.10. The number of aryl methyl sites for hydroxylation is 1. The third kappa shape index (κ3) is 3.43. The maximum Gasteiger partial charge on any atom is 0.460 e. The highest BCUT2D eigenvalue weighted by Crippen LogP contribution is 2.46. The minimum absolute atomic E-state index is 0. The molecule has 3 N–H and O–H groups in total. The van der Waals surface area contributed by atoms with E-state index in [2.05, 4.69) is 0 Å². The molecule has 120 valence electrons. The molecule has 1 amide bonds. The van der Waals surface area contributed by atoms with Crippen LogP contribution >= 0.6 is 0 Å². The molecular weight excluding hydrogens is 311 g/mol. The van der Waals surface area contributed by atoms with Gasteiger partial charge >= 0.3 is 23.9 Å². The second kappa shape index (κ2) is 5.88. The first kappa shape index (κ1) is 19.2. The molecule has 10 heteroatoms. The summed E-state index contributed by atoms with van der Waals surface area (Å²) < 4.78 is 87.0. The van der Waals surface area contributed by atoms with Gasteiger partial charge in [0.15, 0.2) is 0 Å². The van der Waals surface area contributed by atoms with Crippen molar-refractivity contribution in [2.45, 2.75) is 24.9 Å². The average Bonchev–Trinajstić information content (AvgIpc) is 2.30. The Morgan fingerprint density at radius 2 is 1.48 bits per heavy atom. The molecule has 21 heavy (non-hydrogen) atoms. The topological polar surface area (TPSA) is 60.6 Å². The van der Waals surface area contributed by atoms with Crippen molar-refractivity contribution in [3.8, 4) is 0 Å². The third-order valence-corrected chi connectivity index (χ3v) is 2.43. The minimum Gasteiger partial charge on any atom is -0.412 e. The molecule has 3 nitrogen and oxygen atoms in total. The van der Waals surface area contributed by atoms with Gasteiger partial charge in [0.2, 0.25) is 0 Å². The summed E-state index contributed by atoms with van der Waals surface area (Å²) >= 11 is 0. The molecular formula is C11H10F7NO2. The second-order valence-corrected chi connectivity index (χ2v) is 3.92. The normalized spacial score (nSPS) is 12.6. The monoisotopic (exact) mass is 321 g/mol. The maximum absolute atomic E-state index is 13.0. The molecule has 0 aromatic heterocycles. The molecule has 0 saturated carbocycles. The highest BCUT2D eigenvalue weighted by molar-refractivity contribution is 5.97. The Kier molecular flexibility index (Phi) is 5.36. The van der Waals surface area contributed by atoms with Crippen LogP contribution in [0.2, 0.25) is 0 Å². The molecule has 0 unspecified atom stereocenters. The van der Waals surface area contributed by atoms with E-state index in [1.165, 1.54) is 30.4 Å². The van der Waals surface area contributed by atoms with E-state index in [-0.39, 0.29) is 16.7 Å². The van der Waals surface area contributed by atoms with Gasteiger partial charge < -0.3 is 10.8 Å². The highest BCUT2D eigenvalue weighted by Gasteiger charge is 2.76. The van der Waals surface area contributed by atoms with Crippen molar-refractivity contribution in [3.05, 3.63) is 29.8 Å². The van der Waals surface area contributed by atoms with Gasteiger partial charge in [-0.3, -0.25) is 4.79 Å². The van der Waals surface area contributed by atoms with Crippen molar-refractivity contribution in [2.75, 3.05) is 5.32 Å². The van der Waals surface area contributed by atoms with Crippen molar-refractivity contribution in [3.63, 3.8) is 0 Å². The minimum atomic E-state index is -6.54. The lowest BCUT2D eigenvalue weighted by Gasteiger charge is -2.27. The molecule has 0 aliphatic carbocycles. The Labute approximate surface area is 114 Å². The molecule has 0 aliphatic heterocycles. The molecule has 0 saturated heterocycles. The Balaban J connectivity index is 0.00000400. The zero-order chi connectivity index (χ0) is 15.8. The molecule has 0 radical (unpaired) electrons. The Bertz CT molecular complexity index is 514. The summed E-state index contributed by atoms with van der Waals surface area (Å²) in [5, 5.41) is 1.36. The lowest BCUT2D eigenvalue weighted by molar-refractivity contribution is -0.343. The summed E-state index contributed by atoms with van der Waals surface area (Å²) in [5.74, 6) is -15.1. The van der Waals surface area contributed by atoms with Crippen LogP contribution in [-0.4, -0.2) is 29.4 Å². The number of benzene rings is 1. The van der Waals surface area contributed by atoms with Crippen LogP contribution in [-0.2, 0) is 4.79 Å². The number of carbonyl (C=O) groups is 1. The smallest absolute Gasteiger partial charge is 0.412 e. The zero-order valence-electron chi connectivity index (χ0n) is 10.4. The summed E-state index contributed by atoms with van der Waals surface area (Å²) in [6.45, 7) is 1.36. The van der Waals surface area contributed by atoms with Crippen LogP contribution in [0.15, 0.2) is 24.3 Å². The van der Waals surface area contributed by atoms with Crippen LogP contribution in [0.1, 0.15) is 5.56 Å². The summed E-state index contributed by atoms with van der Waals surface area (Å²) in [7, 11) is 0. The van der Waals surface area contributed by atoms with Crippen LogP contribution < -0.4 is 5.32 Å². The van der Waals surface area contributed by atoms with Gasteiger partial charge in [0.1, 0.15) is 0 Å². The van der Waals surface area contributed by atoms with E-state index in [9.17, 15) is 35.5 Å². The number of rotatable bonds is 3. The lowest BCUT2D eigenvalue weighted by atomic mass is 10.1. The Morgan fingerprint density at radius 3 is 1.90 bits per heavy atom. The van der Waals surface area contributed by atoms with E-state index in [4.69, 9.17) is 0 Å². The summed E-state index contributed by atoms with van der Waals surface area (Å²) in [4.78, 5) is 11.0. The molecule has 1 aromatic rings. The van der Waals surface area contributed by atoms with Crippen molar-refractivity contribution < 1.29 is 41.0 Å². The number of carbonyl (C=O) groups excluding carboxylic acids is 1. The number of nitrogens with one attached hydrogen (secondary N) is 1. The van der Waals surface area contributed by atoms with Gasteiger partial charge in [-0.2, -0.15) is 30.7 Å². The number of para-hydroxylation sites is 1. The van der Waals surface area contributed by atoms with Crippen LogP contribution in [0.4, 0.5) is 36.4 Å². The van der Waals surface area contributed by atoms with Crippen LogP contribution in [0.25, 0.3) is 0 Å². The molecule has 0 fully saturated rings. The van der Waals surface area contributed by atoms with Gasteiger partial charge in [-0.25, -0.2) is 0 Å². The molecule has 0 aliphatic rings. The number of hydrogen-bond donors (Lipinski definition) is 1. The van der Waals surface area contributed by atoms with Crippen molar-refractivity contribution >= 4 is 11.6 Å². The standard InChI is InChI=1S/C11H8F7NO.H2O/c1-6-4-2-3-5-7(6)19-8(20)9(12,13)10(14,15)11(16,17)18;/h2-5H,1H3,(H,19,20);1H2. The fourth-order valence-electron chi connectivity index (χ4n) is 1.23. The number of halogens is 7. The van der Waals surface area contributed by atoms with E-state index in [0.29, 0.717) is 0 Å². The van der Waals surface area contributed by atoms with Crippen molar-refractivity contribution in [2.24, 2.45) is 0 Å². The van der Waals surface area contributed by atoms with E-state index < -0.39 is 23.9 Å². The van der Waals surface area contributed by atoms with Gasteiger partial charge in [0, 0.05) is 5.69 Å². The van der Waals surface area contributed by atoms with Crippen LogP contribution in [0, 0.1) is 6.92 Å². The number of alkyl halides is 7. The molecule has 0 spiro atoms. The summed E-state index contributed by atoms with van der Waals surface area (Å²) in [6.07, 6.45) is -6.54. The number of amides is 1. The summed E-state index contributed by atoms with van der Waals surface area (Å²) in [5.41, 5.74) is -0.0536. The predicted molar refractivity (Wildman–Crippen MR) is 59.4 cm³/mol. The van der Waals surface area contributed by atoms with Gasteiger partial charge in [0.05, 0.1) is 0 Å². The lowest BCUT2D eigenvalue weighted by Crippen LogP contribution is -2.57. The molecule has 1 rings (SSSR count). The van der Waals surface area contributed by atoms with Crippen molar-refractivity contribution in [1.29, 1.82) is 0 Å². The van der Waals surface area contributed by atoms with Gasteiger partial charge in [-0.15, -0.1) is 0 Å². The molecule has 1 aromatic carbocycles. The second-order valence-electron chi connectivity index (χ2n) is 3.92. The van der Waals surface area contributed by atoms with Crippen molar-refractivity contribution in [1.82, 2.24) is 0 Å². The fourth-order valence-corrected chi connectivity index (χ4v) is 1.23. The van der Waals surface area contributed by atoms with Gasteiger partial charge in [-0.05, 0) is 18.6 Å². The zero-order valence-corrected chi connectivity index (χ0v) is 10.4. The fraction of sp³-hybridized carbons (Fsp3) is 0.364. The van der Waals surface area contributed by atoms with E-state index in [0.717, 1.165) is 6.07 Å². The van der Waals surface area contributed by atoms with Gasteiger partial charge in [-0.1, -0.05) is 18.2 Å². The molecule has 0 bridgehead atoms. The average molecular weight is 321 g/mol. The summed E-state index contributed by atoms with van der Waals surface area (Å²) in [6, 6.07) is 5.21. The van der Waals surface area contributed by atoms with E-state index in [1.54, 1.807) is 0 Å². The Hall–Kier alpha value is -1.84.